The number of ether oxygens (including phenoxy) is 1. The van der Waals surface area contributed by atoms with Crippen LogP contribution in [0, 0.1) is 5.92 Å². The fraction of sp³-hybridized carbons (Fsp3) is 0.185. The predicted molar refractivity (Wildman–Crippen MR) is 138 cm³/mol. The third kappa shape index (κ3) is 6.06. The summed E-state index contributed by atoms with van der Waals surface area (Å²) in [5.74, 6) is 1.01. The lowest BCUT2D eigenvalue weighted by Gasteiger charge is -2.17. The number of hydrogen-bond acceptors (Lipinski definition) is 4. The third-order valence-electron chi connectivity index (χ3n) is 4.93. The Morgan fingerprint density at radius 1 is 1.00 bits per heavy atom. The number of benzene rings is 3. The van der Waals surface area contributed by atoms with Crippen LogP contribution in [-0.4, -0.2) is 22.5 Å². The van der Waals surface area contributed by atoms with Crippen LogP contribution < -0.4 is 4.74 Å². The highest BCUT2D eigenvalue weighted by Gasteiger charge is 2.34. The molecule has 1 amide bonds. The van der Waals surface area contributed by atoms with Gasteiger partial charge in [-0.3, -0.25) is 9.69 Å². The Hall–Kier alpha value is -3.02. The molecule has 0 saturated carbocycles. The molecule has 0 atom stereocenters. The fourth-order valence-electron chi connectivity index (χ4n) is 3.35. The number of nitrogens with zero attached hydrogens (tertiary/aromatic N) is 2. The Kier molecular flexibility index (Phi) is 7.53. The molecule has 4 rings (SSSR count). The highest BCUT2D eigenvalue weighted by molar-refractivity contribution is 8.18. The van der Waals surface area contributed by atoms with E-state index < -0.39 is 0 Å². The Labute approximate surface area is 203 Å². The molecule has 0 aliphatic carbocycles. The lowest BCUT2D eigenvalue weighted by atomic mass is 10.1. The topological polar surface area (TPSA) is 41.9 Å². The van der Waals surface area contributed by atoms with Crippen LogP contribution in [0.15, 0.2) is 88.8 Å². The molecule has 33 heavy (non-hydrogen) atoms. The molecule has 3 aromatic carbocycles. The first-order valence-electron chi connectivity index (χ1n) is 10.8. The van der Waals surface area contributed by atoms with Crippen molar-refractivity contribution in [2.45, 2.75) is 20.5 Å². The van der Waals surface area contributed by atoms with Crippen molar-refractivity contribution in [3.05, 3.63) is 99.9 Å². The van der Waals surface area contributed by atoms with Gasteiger partial charge in [-0.05, 0) is 59.7 Å². The zero-order chi connectivity index (χ0) is 23.2. The summed E-state index contributed by atoms with van der Waals surface area (Å²) in [7, 11) is 0. The van der Waals surface area contributed by atoms with Gasteiger partial charge in [0.05, 0.1) is 10.6 Å². The quantitative estimate of drug-likeness (QED) is 0.339. The summed E-state index contributed by atoms with van der Waals surface area (Å²) < 4.78 is 6.07. The van der Waals surface area contributed by atoms with Gasteiger partial charge < -0.3 is 4.74 Å². The SMILES string of the molecule is CC(C)CN1C(=O)/C(=C/c2ccccc2OCc2ccccc2)SC1=Nc1ccc(Cl)cc1. The first-order chi connectivity index (χ1) is 16.0. The molecule has 0 radical (unpaired) electrons. The molecule has 1 heterocycles. The van der Waals surface area contributed by atoms with E-state index in [4.69, 9.17) is 21.3 Å². The number of aliphatic imine (C=N–C) groups is 1. The van der Waals surface area contributed by atoms with Gasteiger partial charge in [-0.15, -0.1) is 0 Å². The summed E-state index contributed by atoms with van der Waals surface area (Å²) >= 11 is 7.39. The Balaban J connectivity index is 1.61. The van der Waals surface area contributed by atoms with Gasteiger partial charge in [0.15, 0.2) is 5.17 Å². The number of amides is 1. The zero-order valence-electron chi connectivity index (χ0n) is 18.6. The highest BCUT2D eigenvalue weighted by atomic mass is 35.5. The van der Waals surface area contributed by atoms with Crippen molar-refractivity contribution in [3.63, 3.8) is 0 Å². The molecular formula is C27H25ClN2O2S. The lowest BCUT2D eigenvalue weighted by molar-refractivity contribution is -0.122. The standard InChI is InChI=1S/C27H25ClN2O2S/c1-19(2)17-30-26(31)25(33-27(30)29-23-14-12-22(28)13-15-23)16-21-10-6-7-11-24(21)32-18-20-8-4-3-5-9-20/h3-16,19H,17-18H2,1-2H3/b25-16-,29-27?. The highest BCUT2D eigenvalue weighted by Crippen LogP contribution is 2.36. The van der Waals surface area contributed by atoms with Crippen molar-refractivity contribution in [2.24, 2.45) is 10.9 Å². The minimum Gasteiger partial charge on any atom is -0.488 e. The largest absolute Gasteiger partial charge is 0.488 e. The number of amidine groups is 1. The van der Waals surface area contributed by atoms with Crippen LogP contribution in [-0.2, 0) is 11.4 Å². The van der Waals surface area contributed by atoms with Crippen LogP contribution >= 0.6 is 23.4 Å². The number of rotatable bonds is 7. The monoisotopic (exact) mass is 476 g/mol. The second-order valence-corrected chi connectivity index (χ2v) is 9.55. The molecule has 0 spiro atoms. The number of thioether (sulfide) groups is 1. The second kappa shape index (κ2) is 10.7. The van der Waals surface area contributed by atoms with Crippen molar-refractivity contribution in [2.75, 3.05) is 6.54 Å². The average molecular weight is 477 g/mol. The first-order valence-corrected chi connectivity index (χ1v) is 12.0. The van der Waals surface area contributed by atoms with E-state index >= 15 is 0 Å². The smallest absolute Gasteiger partial charge is 0.266 e. The maximum atomic E-state index is 13.3. The van der Waals surface area contributed by atoms with Crippen LogP contribution in [0.3, 0.4) is 0 Å². The van der Waals surface area contributed by atoms with E-state index in [1.807, 2.05) is 72.8 Å². The molecule has 1 saturated heterocycles. The summed E-state index contributed by atoms with van der Waals surface area (Å²) in [6, 6.07) is 25.1. The van der Waals surface area contributed by atoms with Crippen LogP contribution in [0.2, 0.25) is 5.02 Å². The Bertz CT molecular complexity index is 1170. The van der Waals surface area contributed by atoms with Crippen molar-refractivity contribution in [1.29, 1.82) is 0 Å². The molecule has 1 aliphatic heterocycles. The van der Waals surface area contributed by atoms with E-state index in [-0.39, 0.29) is 5.91 Å². The second-order valence-electron chi connectivity index (χ2n) is 8.10. The molecule has 6 heteroatoms. The molecule has 4 nitrogen and oxygen atoms in total. The van der Waals surface area contributed by atoms with Gasteiger partial charge in [-0.1, -0.05) is 74.0 Å². The molecule has 0 aromatic heterocycles. The van der Waals surface area contributed by atoms with E-state index in [1.165, 1.54) is 11.8 Å². The minimum absolute atomic E-state index is 0.0423. The fourth-order valence-corrected chi connectivity index (χ4v) is 4.48. The molecule has 1 fully saturated rings. The normalized spacial score (nSPS) is 16.2. The average Bonchev–Trinajstić information content (AvgIpc) is 3.09. The molecule has 168 valence electrons. The predicted octanol–water partition coefficient (Wildman–Crippen LogP) is 7.18. The summed E-state index contributed by atoms with van der Waals surface area (Å²) in [5.41, 5.74) is 2.71. The van der Waals surface area contributed by atoms with E-state index in [1.54, 1.807) is 17.0 Å². The van der Waals surface area contributed by atoms with E-state index in [0.29, 0.717) is 34.2 Å². The number of carbonyl (C=O) groups excluding carboxylic acids is 1. The van der Waals surface area contributed by atoms with Gasteiger partial charge in [0.1, 0.15) is 12.4 Å². The van der Waals surface area contributed by atoms with Crippen LogP contribution in [0.5, 0.6) is 5.75 Å². The molecule has 0 bridgehead atoms. The van der Waals surface area contributed by atoms with Gasteiger partial charge in [0.2, 0.25) is 0 Å². The van der Waals surface area contributed by atoms with Gasteiger partial charge >= 0.3 is 0 Å². The number of hydrogen-bond donors (Lipinski definition) is 0. The van der Waals surface area contributed by atoms with E-state index in [9.17, 15) is 4.79 Å². The molecule has 0 N–H and O–H groups in total. The minimum atomic E-state index is -0.0423. The summed E-state index contributed by atoms with van der Waals surface area (Å²) in [6.07, 6.45) is 1.89. The molecule has 1 aliphatic rings. The third-order valence-corrected chi connectivity index (χ3v) is 6.19. The molecular weight excluding hydrogens is 452 g/mol. The van der Waals surface area contributed by atoms with E-state index in [0.717, 1.165) is 22.6 Å². The van der Waals surface area contributed by atoms with Gasteiger partial charge in [-0.25, -0.2) is 4.99 Å². The van der Waals surface area contributed by atoms with Gasteiger partial charge in [0.25, 0.3) is 5.91 Å². The number of carbonyl (C=O) groups is 1. The van der Waals surface area contributed by atoms with Gasteiger partial charge in [-0.2, -0.15) is 0 Å². The van der Waals surface area contributed by atoms with Crippen molar-refractivity contribution < 1.29 is 9.53 Å². The van der Waals surface area contributed by atoms with Crippen molar-refractivity contribution in [3.8, 4) is 5.75 Å². The van der Waals surface area contributed by atoms with Crippen LogP contribution in [0.25, 0.3) is 6.08 Å². The Morgan fingerprint density at radius 2 is 1.70 bits per heavy atom. The first kappa shape index (κ1) is 23.1. The lowest BCUT2D eigenvalue weighted by Crippen LogP contribution is -2.32. The van der Waals surface area contributed by atoms with Crippen molar-refractivity contribution >= 4 is 46.2 Å². The summed E-state index contributed by atoms with van der Waals surface area (Å²) in [5, 5.41) is 1.32. The van der Waals surface area contributed by atoms with Crippen LogP contribution in [0.4, 0.5) is 5.69 Å². The molecule has 0 unspecified atom stereocenters. The van der Waals surface area contributed by atoms with Crippen molar-refractivity contribution in [1.82, 2.24) is 4.90 Å². The Morgan fingerprint density at radius 3 is 2.42 bits per heavy atom. The number of para-hydroxylation sites is 1. The number of halogens is 1. The maximum absolute atomic E-state index is 13.3. The maximum Gasteiger partial charge on any atom is 0.266 e. The summed E-state index contributed by atoms with van der Waals surface area (Å²) in [4.78, 5) is 20.4. The van der Waals surface area contributed by atoms with Gasteiger partial charge in [0, 0.05) is 17.1 Å². The van der Waals surface area contributed by atoms with E-state index in [2.05, 4.69) is 13.8 Å². The zero-order valence-corrected chi connectivity index (χ0v) is 20.1. The van der Waals surface area contributed by atoms with Crippen LogP contribution in [0.1, 0.15) is 25.0 Å². The molecule has 3 aromatic rings. The summed E-state index contributed by atoms with van der Waals surface area (Å²) in [6.45, 7) is 5.24.